The van der Waals surface area contributed by atoms with Gasteiger partial charge in [0.05, 0.1) is 13.7 Å². The number of rotatable bonds is 6. The molecule has 2 N–H and O–H groups in total. The smallest absolute Gasteiger partial charge is 0.319 e. The average Bonchev–Trinajstić information content (AvgIpc) is 3.23. The summed E-state index contributed by atoms with van der Waals surface area (Å²) in [5.41, 5.74) is 0.610. The third-order valence-corrected chi connectivity index (χ3v) is 4.25. The molecule has 1 saturated heterocycles. The van der Waals surface area contributed by atoms with E-state index in [4.69, 9.17) is 9.47 Å². The van der Waals surface area contributed by atoms with Gasteiger partial charge in [0, 0.05) is 24.8 Å². The maximum Gasteiger partial charge on any atom is 0.319 e. The van der Waals surface area contributed by atoms with Crippen molar-refractivity contribution < 1.29 is 19.1 Å². The number of benzene rings is 2. The molecule has 0 bridgehead atoms. The fourth-order valence-corrected chi connectivity index (χ4v) is 2.82. The zero-order valence-electron chi connectivity index (χ0n) is 15.2. The van der Waals surface area contributed by atoms with Crippen LogP contribution in [0.25, 0.3) is 0 Å². The molecule has 0 atom stereocenters. The Labute approximate surface area is 158 Å². The second kappa shape index (κ2) is 8.93. The highest BCUT2D eigenvalue weighted by Crippen LogP contribution is 2.26. The highest BCUT2D eigenvalue weighted by molar-refractivity contribution is 5.92. The van der Waals surface area contributed by atoms with Crippen LogP contribution in [-0.2, 0) is 4.79 Å². The van der Waals surface area contributed by atoms with Crippen LogP contribution in [-0.4, -0.2) is 43.6 Å². The van der Waals surface area contributed by atoms with Gasteiger partial charge in [-0.1, -0.05) is 6.07 Å². The average molecular weight is 369 g/mol. The first-order valence-electron chi connectivity index (χ1n) is 8.88. The molecule has 142 valence electrons. The number of nitrogens with zero attached hydrogens (tertiary/aromatic N) is 1. The van der Waals surface area contributed by atoms with Crippen molar-refractivity contribution in [1.82, 2.24) is 10.2 Å². The summed E-state index contributed by atoms with van der Waals surface area (Å²) in [4.78, 5) is 25.6. The van der Waals surface area contributed by atoms with Crippen LogP contribution in [0.5, 0.6) is 17.2 Å². The summed E-state index contributed by atoms with van der Waals surface area (Å²) in [5.74, 6) is 1.96. The predicted octanol–water partition coefficient (Wildman–Crippen LogP) is 3.23. The molecule has 0 saturated carbocycles. The number of hydrogen-bond donors (Lipinski definition) is 2. The molecular formula is C20H23N3O4. The number of urea groups is 1. The van der Waals surface area contributed by atoms with Gasteiger partial charge in [0.2, 0.25) is 5.91 Å². The summed E-state index contributed by atoms with van der Waals surface area (Å²) in [6, 6.07) is 13.9. The zero-order chi connectivity index (χ0) is 19.1. The van der Waals surface area contributed by atoms with Crippen molar-refractivity contribution in [3.05, 3.63) is 48.5 Å². The van der Waals surface area contributed by atoms with Gasteiger partial charge in [0.25, 0.3) is 0 Å². The first kappa shape index (κ1) is 18.6. The third-order valence-electron chi connectivity index (χ3n) is 4.25. The molecule has 1 fully saturated rings. The number of likely N-dealkylation sites (tertiary alicyclic amines) is 1. The number of hydrogen-bond acceptors (Lipinski definition) is 4. The molecule has 0 aromatic heterocycles. The van der Waals surface area contributed by atoms with E-state index >= 15 is 0 Å². The minimum atomic E-state index is -0.413. The van der Waals surface area contributed by atoms with Crippen molar-refractivity contribution >= 4 is 17.6 Å². The van der Waals surface area contributed by atoms with Crippen LogP contribution in [0.4, 0.5) is 10.5 Å². The van der Waals surface area contributed by atoms with Crippen LogP contribution in [0, 0.1) is 0 Å². The summed E-state index contributed by atoms with van der Waals surface area (Å²) in [6.07, 6.45) is 2.06. The minimum absolute atomic E-state index is 0.00285. The zero-order valence-corrected chi connectivity index (χ0v) is 15.2. The summed E-state index contributed by atoms with van der Waals surface area (Å²) >= 11 is 0. The molecule has 2 aromatic rings. The lowest BCUT2D eigenvalue weighted by molar-refractivity contribution is -0.128. The molecule has 7 nitrogen and oxygen atoms in total. The van der Waals surface area contributed by atoms with Gasteiger partial charge in [-0.05, 0) is 49.2 Å². The Morgan fingerprint density at radius 3 is 2.41 bits per heavy atom. The van der Waals surface area contributed by atoms with Crippen molar-refractivity contribution in [3.63, 3.8) is 0 Å². The lowest BCUT2D eigenvalue weighted by Gasteiger charge is -2.15. The summed E-state index contributed by atoms with van der Waals surface area (Å²) in [7, 11) is 1.60. The monoisotopic (exact) mass is 369 g/mol. The summed E-state index contributed by atoms with van der Waals surface area (Å²) in [5, 5.41) is 5.29. The van der Waals surface area contributed by atoms with Crippen molar-refractivity contribution in [1.29, 1.82) is 0 Å². The number of amides is 3. The standard InChI is InChI=1S/C20H23N3O4/c1-26-17-5-4-6-18(13-17)27-16-9-7-15(8-10-16)22-20(25)21-14-19(24)23-11-2-3-12-23/h4-10,13H,2-3,11-12,14H2,1H3,(H2,21,22,25). The molecule has 0 aliphatic carbocycles. The van der Waals surface area contributed by atoms with Crippen LogP contribution < -0.4 is 20.1 Å². The van der Waals surface area contributed by atoms with Gasteiger partial charge in [-0.2, -0.15) is 0 Å². The van der Waals surface area contributed by atoms with E-state index in [2.05, 4.69) is 10.6 Å². The number of nitrogens with one attached hydrogen (secondary N) is 2. The topological polar surface area (TPSA) is 79.9 Å². The Morgan fingerprint density at radius 2 is 1.70 bits per heavy atom. The minimum Gasteiger partial charge on any atom is -0.497 e. The molecule has 0 spiro atoms. The molecule has 2 aromatic carbocycles. The Kier molecular flexibility index (Phi) is 6.14. The molecule has 3 amide bonds. The molecule has 1 aliphatic rings. The number of carbonyl (C=O) groups is 2. The van der Waals surface area contributed by atoms with E-state index in [1.54, 1.807) is 42.3 Å². The van der Waals surface area contributed by atoms with Gasteiger partial charge in [0.15, 0.2) is 0 Å². The van der Waals surface area contributed by atoms with E-state index < -0.39 is 6.03 Å². The van der Waals surface area contributed by atoms with Crippen molar-refractivity contribution in [2.24, 2.45) is 0 Å². The van der Waals surface area contributed by atoms with Crippen molar-refractivity contribution in [3.8, 4) is 17.2 Å². The van der Waals surface area contributed by atoms with E-state index in [9.17, 15) is 9.59 Å². The van der Waals surface area contributed by atoms with Crippen LogP contribution in [0.3, 0.4) is 0 Å². The largest absolute Gasteiger partial charge is 0.497 e. The first-order valence-corrected chi connectivity index (χ1v) is 8.88. The summed E-state index contributed by atoms with van der Waals surface area (Å²) in [6.45, 7) is 1.55. The quantitative estimate of drug-likeness (QED) is 0.819. The first-order chi connectivity index (χ1) is 13.1. The van der Waals surface area contributed by atoms with Gasteiger partial charge in [-0.3, -0.25) is 4.79 Å². The number of anilines is 1. The predicted molar refractivity (Wildman–Crippen MR) is 102 cm³/mol. The van der Waals surface area contributed by atoms with Crippen LogP contribution in [0.15, 0.2) is 48.5 Å². The van der Waals surface area contributed by atoms with E-state index in [0.29, 0.717) is 22.9 Å². The van der Waals surface area contributed by atoms with Crippen LogP contribution in [0.1, 0.15) is 12.8 Å². The normalized spacial score (nSPS) is 13.1. The molecule has 1 heterocycles. The van der Waals surface area contributed by atoms with Gasteiger partial charge >= 0.3 is 6.03 Å². The van der Waals surface area contributed by atoms with Crippen LogP contribution in [0.2, 0.25) is 0 Å². The number of methoxy groups -OCH3 is 1. The van der Waals surface area contributed by atoms with Crippen LogP contribution >= 0.6 is 0 Å². The van der Waals surface area contributed by atoms with Gasteiger partial charge in [0.1, 0.15) is 17.2 Å². The molecule has 0 radical (unpaired) electrons. The fraction of sp³-hybridized carbons (Fsp3) is 0.300. The van der Waals surface area contributed by atoms with E-state index in [1.165, 1.54) is 0 Å². The lowest BCUT2D eigenvalue weighted by Crippen LogP contribution is -2.40. The Bertz CT molecular complexity index is 786. The Hall–Kier alpha value is -3.22. The molecule has 1 aliphatic heterocycles. The van der Waals surface area contributed by atoms with Gasteiger partial charge in [-0.15, -0.1) is 0 Å². The lowest BCUT2D eigenvalue weighted by atomic mass is 10.3. The molecule has 3 rings (SSSR count). The number of ether oxygens (including phenoxy) is 2. The van der Waals surface area contributed by atoms with Crippen molar-refractivity contribution in [2.45, 2.75) is 12.8 Å². The highest BCUT2D eigenvalue weighted by Gasteiger charge is 2.18. The maximum atomic E-state index is 11.9. The molecule has 0 unspecified atom stereocenters. The summed E-state index contributed by atoms with van der Waals surface area (Å²) < 4.78 is 10.9. The second-order valence-electron chi connectivity index (χ2n) is 6.20. The van der Waals surface area contributed by atoms with E-state index in [0.717, 1.165) is 25.9 Å². The number of carbonyl (C=O) groups excluding carboxylic acids is 2. The fourth-order valence-electron chi connectivity index (χ4n) is 2.82. The Morgan fingerprint density at radius 1 is 1.00 bits per heavy atom. The molecule has 27 heavy (non-hydrogen) atoms. The maximum absolute atomic E-state index is 11.9. The third kappa shape index (κ3) is 5.37. The SMILES string of the molecule is COc1cccc(Oc2ccc(NC(=O)NCC(=O)N3CCCC3)cc2)c1. The Balaban J connectivity index is 1.48. The molecule has 7 heteroatoms. The van der Waals surface area contributed by atoms with E-state index in [-0.39, 0.29) is 12.5 Å². The molecular weight excluding hydrogens is 346 g/mol. The second-order valence-corrected chi connectivity index (χ2v) is 6.20. The van der Waals surface area contributed by atoms with Gasteiger partial charge in [-0.25, -0.2) is 4.79 Å². The van der Waals surface area contributed by atoms with E-state index in [1.807, 2.05) is 18.2 Å². The van der Waals surface area contributed by atoms with Gasteiger partial charge < -0.3 is 25.0 Å². The highest BCUT2D eigenvalue weighted by atomic mass is 16.5. The van der Waals surface area contributed by atoms with Crippen molar-refractivity contribution in [2.75, 3.05) is 32.1 Å².